The molecule has 2 heterocycles. The van der Waals surface area contributed by atoms with Crippen molar-refractivity contribution in [3.63, 3.8) is 0 Å². The maximum atomic E-state index is 13.5. The van der Waals surface area contributed by atoms with Gasteiger partial charge in [0.05, 0.1) is 31.3 Å². The summed E-state index contributed by atoms with van der Waals surface area (Å²) in [4.78, 5) is 16.0. The van der Waals surface area contributed by atoms with Crippen LogP contribution < -0.4 is 19.5 Å². The lowest BCUT2D eigenvalue weighted by Gasteiger charge is -2.64. The quantitative estimate of drug-likeness (QED) is 0.554. The summed E-state index contributed by atoms with van der Waals surface area (Å²) in [7, 11) is 3.11. The molecule has 5 atom stereocenters. The van der Waals surface area contributed by atoms with Crippen molar-refractivity contribution in [2.75, 3.05) is 27.3 Å². The first kappa shape index (κ1) is 23.2. The molecule has 0 radical (unpaired) electrons. The molecule has 3 N–H and O–H groups in total. The van der Waals surface area contributed by atoms with Crippen LogP contribution in [0.3, 0.4) is 0 Å². The van der Waals surface area contributed by atoms with Gasteiger partial charge in [-0.2, -0.15) is 0 Å². The number of amides is 1. The zero-order valence-corrected chi connectivity index (χ0v) is 21.3. The SMILES string of the molecule is COc1cc(OC)cc(C(=O)N[C@H]2CC[C@@]3(O)[C@H]4Cc5ccc(O)c6c5[C@@]3(CCN4CC3CC3)[C@H]2O6)c1. The molecule has 196 valence electrons. The number of rotatable bonds is 6. The highest BCUT2D eigenvalue weighted by Crippen LogP contribution is 2.65. The van der Waals surface area contributed by atoms with Gasteiger partial charge in [0, 0.05) is 29.8 Å². The molecule has 8 nitrogen and oxygen atoms in total. The van der Waals surface area contributed by atoms with Crippen LogP contribution in [0.5, 0.6) is 23.0 Å². The van der Waals surface area contributed by atoms with E-state index in [1.807, 2.05) is 6.07 Å². The molecule has 3 aliphatic carbocycles. The average molecular weight is 507 g/mol. The molecule has 2 aromatic carbocycles. The number of aliphatic hydroxyl groups is 1. The molecular formula is C29H34N2O6. The number of carbonyl (C=O) groups excluding carboxylic acids is 1. The number of ether oxygens (including phenoxy) is 3. The third-order valence-electron chi connectivity index (χ3n) is 9.69. The monoisotopic (exact) mass is 506 g/mol. The Morgan fingerprint density at radius 3 is 2.59 bits per heavy atom. The molecule has 8 heteroatoms. The van der Waals surface area contributed by atoms with E-state index in [2.05, 4.69) is 10.2 Å². The van der Waals surface area contributed by atoms with Crippen LogP contribution in [0.2, 0.25) is 0 Å². The summed E-state index contributed by atoms with van der Waals surface area (Å²) in [5.41, 5.74) is 0.910. The third kappa shape index (κ3) is 3.18. The van der Waals surface area contributed by atoms with Gasteiger partial charge in [0.1, 0.15) is 17.6 Å². The number of phenols is 1. The van der Waals surface area contributed by atoms with Gasteiger partial charge in [-0.3, -0.25) is 9.69 Å². The van der Waals surface area contributed by atoms with Gasteiger partial charge in [0.2, 0.25) is 0 Å². The molecule has 1 spiro atoms. The maximum Gasteiger partial charge on any atom is 0.251 e. The van der Waals surface area contributed by atoms with Crippen molar-refractivity contribution >= 4 is 5.91 Å². The van der Waals surface area contributed by atoms with Crippen molar-refractivity contribution in [1.82, 2.24) is 10.2 Å². The summed E-state index contributed by atoms with van der Waals surface area (Å²) < 4.78 is 17.3. The van der Waals surface area contributed by atoms with Crippen molar-refractivity contribution in [2.24, 2.45) is 5.92 Å². The number of methoxy groups -OCH3 is 2. The Hall–Kier alpha value is -2.97. The van der Waals surface area contributed by atoms with E-state index in [1.165, 1.54) is 12.8 Å². The summed E-state index contributed by atoms with van der Waals surface area (Å²) in [6.07, 6.45) is 4.74. The van der Waals surface area contributed by atoms with Gasteiger partial charge in [0.15, 0.2) is 11.5 Å². The summed E-state index contributed by atoms with van der Waals surface area (Å²) in [5, 5.41) is 26.6. The number of carbonyl (C=O) groups is 1. The van der Waals surface area contributed by atoms with E-state index in [1.54, 1.807) is 38.5 Å². The molecule has 2 aromatic rings. The minimum atomic E-state index is -0.975. The summed E-state index contributed by atoms with van der Waals surface area (Å²) in [6, 6.07) is 8.51. The van der Waals surface area contributed by atoms with E-state index < -0.39 is 17.1 Å². The van der Waals surface area contributed by atoms with Crippen LogP contribution in [-0.2, 0) is 11.8 Å². The van der Waals surface area contributed by atoms with Gasteiger partial charge >= 0.3 is 0 Å². The molecule has 0 aromatic heterocycles. The highest BCUT2D eigenvalue weighted by atomic mass is 16.5. The van der Waals surface area contributed by atoms with E-state index in [-0.39, 0.29) is 23.7 Å². The second-order valence-corrected chi connectivity index (χ2v) is 11.5. The second kappa shape index (κ2) is 8.01. The van der Waals surface area contributed by atoms with E-state index in [0.29, 0.717) is 35.7 Å². The van der Waals surface area contributed by atoms with Crippen LogP contribution in [0.15, 0.2) is 30.3 Å². The Morgan fingerprint density at radius 1 is 1.14 bits per heavy atom. The maximum absolute atomic E-state index is 13.5. The largest absolute Gasteiger partial charge is 0.504 e. The van der Waals surface area contributed by atoms with E-state index in [0.717, 1.165) is 43.0 Å². The van der Waals surface area contributed by atoms with E-state index in [4.69, 9.17) is 14.2 Å². The number of nitrogens with one attached hydrogen (secondary N) is 1. The topological polar surface area (TPSA) is 100 Å². The standard InChI is InChI=1S/C29H34N2O6/c1-35-19-11-18(12-20(14-19)36-2)27(33)30-21-7-8-29(34)23-13-17-5-6-22(32)25-24(17)28(29,26(21)37-25)9-10-31(23)15-16-3-4-16/h5-6,11-12,14,16,21,23,26,32,34H,3-4,7-10,13,15H2,1-2H3,(H,30,33)/t21-,23+,26-,28-,29+/m0/s1. The van der Waals surface area contributed by atoms with Crippen molar-refractivity contribution in [1.29, 1.82) is 0 Å². The smallest absolute Gasteiger partial charge is 0.251 e. The lowest BCUT2D eigenvalue weighted by Crippen LogP contribution is -2.78. The number of benzene rings is 2. The Kier molecular flexibility index (Phi) is 5.02. The number of piperidine rings is 1. The number of nitrogens with zero attached hydrogens (tertiary/aromatic N) is 1. The summed E-state index contributed by atoms with van der Waals surface area (Å²) in [6.45, 7) is 1.91. The van der Waals surface area contributed by atoms with Gasteiger partial charge in [-0.05, 0) is 74.8 Å². The van der Waals surface area contributed by atoms with Crippen molar-refractivity contribution < 1.29 is 29.2 Å². The van der Waals surface area contributed by atoms with Crippen molar-refractivity contribution in [3.05, 3.63) is 47.0 Å². The van der Waals surface area contributed by atoms with Crippen LogP contribution in [0.1, 0.15) is 53.6 Å². The summed E-state index contributed by atoms with van der Waals surface area (Å²) in [5.74, 6) is 2.16. The first-order chi connectivity index (χ1) is 17.9. The van der Waals surface area contributed by atoms with Crippen LogP contribution in [-0.4, -0.2) is 72.1 Å². The average Bonchev–Trinajstić information content (AvgIpc) is 3.65. The second-order valence-electron chi connectivity index (χ2n) is 11.5. The predicted molar refractivity (Wildman–Crippen MR) is 136 cm³/mol. The lowest BCUT2D eigenvalue weighted by atomic mass is 9.48. The van der Waals surface area contributed by atoms with Gasteiger partial charge in [-0.25, -0.2) is 0 Å². The number of likely N-dealkylation sites (tertiary alicyclic amines) is 1. The normalized spacial score (nSPS) is 33.3. The Morgan fingerprint density at radius 2 is 1.89 bits per heavy atom. The fraction of sp³-hybridized carbons (Fsp3) is 0.552. The minimum Gasteiger partial charge on any atom is -0.504 e. The third-order valence-corrected chi connectivity index (χ3v) is 9.69. The molecule has 2 aliphatic heterocycles. The van der Waals surface area contributed by atoms with E-state index in [9.17, 15) is 15.0 Å². The number of phenolic OH excluding ortho intramolecular Hbond substituents is 1. The fourth-order valence-electron chi connectivity index (χ4n) is 7.82. The number of aromatic hydroxyl groups is 1. The molecule has 37 heavy (non-hydrogen) atoms. The van der Waals surface area contributed by atoms with Crippen LogP contribution >= 0.6 is 0 Å². The van der Waals surface area contributed by atoms with Crippen LogP contribution in [0.4, 0.5) is 0 Å². The zero-order valence-electron chi connectivity index (χ0n) is 21.3. The molecule has 3 fully saturated rings. The first-order valence-electron chi connectivity index (χ1n) is 13.4. The highest BCUT2D eigenvalue weighted by Gasteiger charge is 2.73. The number of hydrogen-bond acceptors (Lipinski definition) is 7. The Bertz CT molecular complexity index is 1260. The molecule has 7 rings (SSSR count). The van der Waals surface area contributed by atoms with Crippen molar-refractivity contribution in [2.45, 2.75) is 67.7 Å². The Labute approximate surface area is 216 Å². The lowest BCUT2D eigenvalue weighted by molar-refractivity contribution is -0.191. The van der Waals surface area contributed by atoms with Gasteiger partial charge in [0.25, 0.3) is 5.91 Å². The highest BCUT2D eigenvalue weighted by molar-refractivity contribution is 5.95. The molecule has 2 bridgehead atoms. The van der Waals surface area contributed by atoms with Gasteiger partial charge < -0.3 is 29.7 Å². The first-order valence-corrected chi connectivity index (χ1v) is 13.4. The van der Waals surface area contributed by atoms with Gasteiger partial charge in [-0.1, -0.05) is 6.07 Å². The fourth-order valence-corrected chi connectivity index (χ4v) is 7.82. The predicted octanol–water partition coefficient (Wildman–Crippen LogP) is 2.77. The molecule has 1 amide bonds. The molecule has 0 unspecified atom stereocenters. The molecule has 5 aliphatic rings. The molecule has 1 saturated heterocycles. The van der Waals surface area contributed by atoms with E-state index >= 15 is 0 Å². The zero-order chi connectivity index (χ0) is 25.5. The van der Waals surface area contributed by atoms with Crippen molar-refractivity contribution in [3.8, 4) is 23.0 Å². The molecule has 2 saturated carbocycles. The van der Waals surface area contributed by atoms with Crippen LogP contribution in [0, 0.1) is 5.92 Å². The van der Waals surface area contributed by atoms with Crippen LogP contribution in [0.25, 0.3) is 0 Å². The Balaban J connectivity index is 1.26. The molecular weight excluding hydrogens is 472 g/mol. The van der Waals surface area contributed by atoms with Gasteiger partial charge in [-0.15, -0.1) is 0 Å². The summed E-state index contributed by atoms with van der Waals surface area (Å²) >= 11 is 0. The number of hydrogen-bond donors (Lipinski definition) is 3. The minimum absolute atomic E-state index is 0.00948.